The lowest BCUT2D eigenvalue weighted by Gasteiger charge is -2.35. The standard InChI is InChI=1S/C35H35N3O6/c1-2-43-27-15-13-25(14-16-27)36-18-5-10-28-29(32(36)40)30-33(41)38(20-7-21-39)31-34(42)37(19-6-17-35(30,31)44-28)26-12-11-23-8-3-4-9-24(23)22-26/h3-6,8-17,22,28-31,39H,2,7,18-21H2,1H3/t28-,29+,30-,31?,35-/m0/s1. The monoisotopic (exact) mass is 593 g/mol. The van der Waals surface area contributed by atoms with Gasteiger partial charge in [-0.1, -0.05) is 54.6 Å². The zero-order valence-corrected chi connectivity index (χ0v) is 24.5. The maximum atomic E-state index is 14.6. The molecule has 5 atom stereocenters. The number of fused-ring (bicyclic) bond motifs is 3. The summed E-state index contributed by atoms with van der Waals surface area (Å²) < 4.78 is 12.3. The van der Waals surface area contributed by atoms with Crippen LogP contribution in [0.25, 0.3) is 10.8 Å². The van der Waals surface area contributed by atoms with E-state index >= 15 is 0 Å². The predicted octanol–water partition coefficient (Wildman–Crippen LogP) is 3.71. The lowest BCUT2D eigenvalue weighted by molar-refractivity contribution is -0.140. The summed E-state index contributed by atoms with van der Waals surface area (Å²) in [6, 6.07) is 20.2. The third-order valence-corrected chi connectivity index (χ3v) is 9.22. The Hall–Kier alpha value is -4.47. The summed E-state index contributed by atoms with van der Waals surface area (Å²) >= 11 is 0. The average Bonchev–Trinajstić information content (AvgIpc) is 3.35. The Bertz CT molecular complexity index is 1670. The van der Waals surface area contributed by atoms with Gasteiger partial charge in [-0.15, -0.1) is 0 Å². The van der Waals surface area contributed by atoms with E-state index < -0.39 is 29.6 Å². The van der Waals surface area contributed by atoms with Crippen molar-refractivity contribution in [3.05, 3.63) is 91.0 Å². The number of rotatable bonds is 7. The molecule has 0 aliphatic carbocycles. The Morgan fingerprint density at radius 1 is 0.886 bits per heavy atom. The Kier molecular flexibility index (Phi) is 7.22. The molecule has 3 aromatic carbocycles. The van der Waals surface area contributed by atoms with Crippen molar-refractivity contribution in [2.45, 2.75) is 31.1 Å². The molecule has 4 heterocycles. The van der Waals surface area contributed by atoms with Gasteiger partial charge >= 0.3 is 0 Å². The lowest BCUT2D eigenvalue weighted by atomic mass is 9.77. The van der Waals surface area contributed by atoms with Crippen LogP contribution < -0.4 is 14.5 Å². The maximum absolute atomic E-state index is 14.6. The van der Waals surface area contributed by atoms with E-state index in [1.165, 1.54) is 4.90 Å². The number of ether oxygens (including phenoxy) is 2. The first-order valence-electron chi connectivity index (χ1n) is 15.2. The molecule has 2 fully saturated rings. The van der Waals surface area contributed by atoms with Gasteiger partial charge < -0.3 is 29.3 Å². The number of carbonyl (C=O) groups excluding carboxylic acids is 3. The normalized spacial score (nSPS) is 27.8. The fraction of sp³-hybridized carbons (Fsp3) is 0.343. The van der Waals surface area contributed by atoms with Crippen molar-refractivity contribution in [3.8, 4) is 5.75 Å². The highest BCUT2D eigenvalue weighted by Gasteiger charge is 2.71. The van der Waals surface area contributed by atoms with E-state index in [4.69, 9.17) is 9.47 Å². The largest absolute Gasteiger partial charge is 0.494 e. The lowest BCUT2D eigenvalue weighted by Crippen LogP contribution is -2.55. The van der Waals surface area contributed by atoms with Gasteiger partial charge in [-0.3, -0.25) is 14.4 Å². The van der Waals surface area contributed by atoms with Crippen LogP contribution in [0.3, 0.4) is 0 Å². The highest BCUT2D eigenvalue weighted by atomic mass is 16.5. The molecule has 3 aromatic rings. The van der Waals surface area contributed by atoms with Gasteiger partial charge in [0.2, 0.25) is 11.8 Å². The van der Waals surface area contributed by atoms with Gasteiger partial charge in [-0.05, 0) is 60.5 Å². The van der Waals surface area contributed by atoms with Crippen LogP contribution in [-0.2, 0) is 19.1 Å². The van der Waals surface area contributed by atoms with E-state index in [-0.39, 0.29) is 30.9 Å². The molecule has 1 unspecified atom stereocenters. The molecule has 9 nitrogen and oxygen atoms in total. The van der Waals surface area contributed by atoms with Crippen LogP contribution in [0.15, 0.2) is 91.0 Å². The Labute approximate surface area is 255 Å². The molecule has 0 aromatic heterocycles. The van der Waals surface area contributed by atoms with Gasteiger partial charge in [0, 0.05) is 37.6 Å². The molecule has 0 radical (unpaired) electrons. The summed E-state index contributed by atoms with van der Waals surface area (Å²) in [6.07, 6.45) is 7.11. The smallest absolute Gasteiger partial charge is 0.253 e. The van der Waals surface area contributed by atoms with E-state index in [0.717, 1.165) is 16.5 Å². The summed E-state index contributed by atoms with van der Waals surface area (Å²) in [7, 11) is 0. The molecular weight excluding hydrogens is 558 g/mol. The molecule has 7 rings (SSSR count). The van der Waals surface area contributed by atoms with Crippen LogP contribution in [0.5, 0.6) is 5.75 Å². The van der Waals surface area contributed by atoms with Gasteiger partial charge in [-0.25, -0.2) is 0 Å². The fourth-order valence-electron chi connectivity index (χ4n) is 7.32. The van der Waals surface area contributed by atoms with Gasteiger partial charge in [0.15, 0.2) is 0 Å². The van der Waals surface area contributed by atoms with E-state index in [9.17, 15) is 19.5 Å². The number of nitrogens with zero attached hydrogens (tertiary/aromatic N) is 3. The molecule has 0 saturated carbocycles. The minimum atomic E-state index is -1.33. The number of hydrogen-bond donors (Lipinski definition) is 1. The molecule has 9 heteroatoms. The van der Waals surface area contributed by atoms with Crippen molar-refractivity contribution in [2.24, 2.45) is 11.8 Å². The van der Waals surface area contributed by atoms with Crippen LogP contribution >= 0.6 is 0 Å². The predicted molar refractivity (Wildman–Crippen MR) is 166 cm³/mol. The third kappa shape index (κ3) is 4.41. The van der Waals surface area contributed by atoms with Gasteiger partial charge in [0.25, 0.3) is 5.91 Å². The van der Waals surface area contributed by atoms with Crippen LogP contribution in [0.2, 0.25) is 0 Å². The number of benzene rings is 3. The van der Waals surface area contributed by atoms with E-state index in [1.54, 1.807) is 9.80 Å². The Balaban J connectivity index is 1.27. The summed E-state index contributed by atoms with van der Waals surface area (Å²) in [5.74, 6) is -1.80. The summed E-state index contributed by atoms with van der Waals surface area (Å²) in [4.78, 5) is 48.1. The number of aliphatic hydroxyl groups excluding tert-OH is 1. The van der Waals surface area contributed by atoms with Crippen LogP contribution in [0.1, 0.15) is 13.3 Å². The minimum Gasteiger partial charge on any atom is -0.494 e. The zero-order valence-electron chi connectivity index (χ0n) is 24.5. The molecule has 0 bridgehead atoms. The summed E-state index contributed by atoms with van der Waals surface area (Å²) in [5.41, 5.74) is 0.0870. The van der Waals surface area contributed by atoms with Gasteiger partial charge in [0.05, 0.1) is 24.5 Å². The molecule has 226 valence electrons. The molecule has 2 saturated heterocycles. The van der Waals surface area contributed by atoms with Gasteiger partial charge in [0.1, 0.15) is 17.4 Å². The van der Waals surface area contributed by atoms with Crippen LogP contribution in [-0.4, -0.2) is 78.3 Å². The van der Waals surface area contributed by atoms with Crippen LogP contribution in [0, 0.1) is 11.8 Å². The maximum Gasteiger partial charge on any atom is 0.253 e. The molecule has 3 amide bonds. The first-order valence-corrected chi connectivity index (χ1v) is 15.2. The molecule has 4 aliphatic heterocycles. The molecule has 44 heavy (non-hydrogen) atoms. The second-order valence-electron chi connectivity index (χ2n) is 11.6. The first-order chi connectivity index (χ1) is 21.5. The van der Waals surface area contributed by atoms with Crippen LogP contribution in [0.4, 0.5) is 11.4 Å². The molecule has 1 spiro atoms. The Morgan fingerprint density at radius 2 is 1.61 bits per heavy atom. The average molecular weight is 594 g/mol. The van der Waals surface area contributed by atoms with Crippen molar-refractivity contribution in [3.63, 3.8) is 0 Å². The summed E-state index contributed by atoms with van der Waals surface area (Å²) in [5, 5.41) is 11.8. The molecule has 1 N–H and O–H groups in total. The number of aliphatic hydroxyl groups is 1. The topological polar surface area (TPSA) is 99.6 Å². The zero-order chi connectivity index (χ0) is 30.4. The Morgan fingerprint density at radius 3 is 2.39 bits per heavy atom. The van der Waals surface area contributed by atoms with Crippen molar-refractivity contribution >= 4 is 39.9 Å². The highest BCUT2D eigenvalue weighted by molar-refractivity contribution is 6.08. The number of hydrogen-bond acceptors (Lipinski definition) is 6. The second kappa shape index (κ2) is 11.2. The highest BCUT2D eigenvalue weighted by Crippen LogP contribution is 2.54. The quantitative estimate of drug-likeness (QED) is 0.420. The number of anilines is 2. The fourth-order valence-corrected chi connectivity index (χ4v) is 7.32. The summed E-state index contributed by atoms with van der Waals surface area (Å²) in [6.45, 7) is 3.13. The second-order valence-corrected chi connectivity index (χ2v) is 11.6. The van der Waals surface area contributed by atoms with E-state index in [0.29, 0.717) is 37.6 Å². The van der Waals surface area contributed by atoms with E-state index in [1.807, 2.05) is 98.0 Å². The first kappa shape index (κ1) is 28.3. The van der Waals surface area contributed by atoms with Crippen molar-refractivity contribution in [2.75, 3.05) is 42.6 Å². The minimum absolute atomic E-state index is 0.132. The number of carbonyl (C=O) groups is 3. The van der Waals surface area contributed by atoms with E-state index in [2.05, 4.69) is 0 Å². The molecule has 4 aliphatic rings. The third-order valence-electron chi connectivity index (χ3n) is 9.22. The van der Waals surface area contributed by atoms with Crippen molar-refractivity contribution in [1.29, 1.82) is 0 Å². The van der Waals surface area contributed by atoms with Crippen molar-refractivity contribution in [1.82, 2.24) is 4.90 Å². The van der Waals surface area contributed by atoms with Crippen molar-refractivity contribution < 1.29 is 29.0 Å². The SMILES string of the molecule is CCOc1ccc(N2CC=C[C@@H]3O[C@]45C=CCN(c6ccc7ccccc7c6)C(=O)C4N(CCCO)C(=O)[C@@H]5[C@@H]3C2=O)cc1. The number of likely N-dealkylation sites (tertiary alicyclic amines) is 1. The van der Waals surface area contributed by atoms with Gasteiger partial charge in [-0.2, -0.15) is 0 Å². The number of amides is 3. The molecular formula is C35H35N3O6.